The predicted octanol–water partition coefficient (Wildman–Crippen LogP) is 4.34. The summed E-state index contributed by atoms with van der Waals surface area (Å²) in [7, 11) is 2.15. The minimum atomic E-state index is -0.612. The van der Waals surface area contributed by atoms with E-state index in [4.69, 9.17) is 10.00 Å². The second kappa shape index (κ2) is 9.59. The molecule has 2 aliphatic rings. The van der Waals surface area contributed by atoms with Gasteiger partial charge in [-0.05, 0) is 67.3 Å². The maximum Gasteiger partial charge on any atom is 0.119 e. The van der Waals surface area contributed by atoms with E-state index in [2.05, 4.69) is 53.2 Å². The molecule has 0 radical (unpaired) electrons. The molecule has 2 heterocycles. The highest BCUT2D eigenvalue weighted by atomic mass is 19.1. The molecular formula is C25H30FN3O. The molecule has 5 heteroatoms. The SMILES string of the molecule is CN1Cc2cc(OCCCN3CCC(F)CC3)ccc2C(c2ccc(C#N)cc2)C1. The van der Waals surface area contributed by atoms with Gasteiger partial charge in [-0.2, -0.15) is 5.26 Å². The Kier molecular flexibility index (Phi) is 6.66. The third-order valence-electron chi connectivity index (χ3n) is 6.27. The average Bonchev–Trinajstić information content (AvgIpc) is 2.77. The molecule has 4 rings (SSSR count). The first-order valence-electron chi connectivity index (χ1n) is 10.9. The summed E-state index contributed by atoms with van der Waals surface area (Å²) in [5.41, 5.74) is 4.59. The number of ether oxygens (including phenoxy) is 1. The summed E-state index contributed by atoms with van der Waals surface area (Å²) in [6, 6.07) is 16.6. The second-order valence-electron chi connectivity index (χ2n) is 8.56. The zero-order valence-electron chi connectivity index (χ0n) is 17.7. The van der Waals surface area contributed by atoms with Crippen molar-refractivity contribution in [3.8, 4) is 11.8 Å². The van der Waals surface area contributed by atoms with Crippen LogP contribution in [0.2, 0.25) is 0 Å². The van der Waals surface area contributed by atoms with Gasteiger partial charge in [0.25, 0.3) is 0 Å². The van der Waals surface area contributed by atoms with Crippen molar-refractivity contribution in [1.29, 1.82) is 5.26 Å². The fourth-order valence-corrected chi connectivity index (χ4v) is 4.59. The van der Waals surface area contributed by atoms with E-state index in [0.717, 1.165) is 44.9 Å². The maximum absolute atomic E-state index is 13.2. The molecule has 158 valence electrons. The topological polar surface area (TPSA) is 39.5 Å². The number of likely N-dealkylation sites (tertiary alicyclic amines) is 1. The summed E-state index contributed by atoms with van der Waals surface area (Å²) < 4.78 is 19.3. The van der Waals surface area contributed by atoms with Gasteiger partial charge in [0, 0.05) is 38.6 Å². The number of rotatable bonds is 6. The number of likely N-dealkylation sites (N-methyl/N-ethyl adjacent to an activating group) is 1. The third kappa shape index (κ3) is 5.00. The van der Waals surface area contributed by atoms with Gasteiger partial charge in [0.1, 0.15) is 11.9 Å². The average molecular weight is 408 g/mol. The first-order valence-corrected chi connectivity index (χ1v) is 10.9. The second-order valence-corrected chi connectivity index (χ2v) is 8.56. The molecule has 0 aliphatic carbocycles. The van der Waals surface area contributed by atoms with Gasteiger partial charge in [0.05, 0.1) is 18.2 Å². The molecule has 0 aromatic heterocycles. The van der Waals surface area contributed by atoms with Gasteiger partial charge in [-0.25, -0.2) is 4.39 Å². The highest BCUT2D eigenvalue weighted by Crippen LogP contribution is 2.35. The molecule has 2 aromatic rings. The van der Waals surface area contributed by atoms with Crippen LogP contribution in [0.4, 0.5) is 4.39 Å². The fraction of sp³-hybridized carbons (Fsp3) is 0.480. The summed E-state index contributed by atoms with van der Waals surface area (Å²) >= 11 is 0. The molecule has 2 aliphatic heterocycles. The van der Waals surface area contributed by atoms with Gasteiger partial charge >= 0.3 is 0 Å². The molecule has 0 amide bonds. The summed E-state index contributed by atoms with van der Waals surface area (Å²) in [6.45, 7) is 5.27. The smallest absolute Gasteiger partial charge is 0.119 e. The van der Waals surface area contributed by atoms with Crippen molar-refractivity contribution in [2.45, 2.75) is 37.9 Å². The number of halogens is 1. The molecule has 30 heavy (non-hydrogen) atoms. The standard InChI is InChI=1S/C25H30FN3O/c1-28-17-21-15-23(30-14-2-11-29-12-9-22(26)10-13-29)7-8-24(21)25(18-28)20-5-3-19(16-27)4-6-20/h3-8,15,22,25H,2,9-14,17-18H2,1H3. The largest absolute Gasteiger partial charge is 0.494 e. The van der Waals surface area contributed by atoms with E-state index < -0.39 is 6.17 Å². The van der Waals surface area contributed by atoms with Crippen LogP contribution in [0.5, 0.6) is 5.75 Å². The molecule has 1 atom stereocenters. The number of hydrogen-bond donors (Lipinski definition) is 0. The highest BCUT2D eigenvalue weighted by Gasteiger charge is 2.25. The highest BCUT2D eigenvalue weighted by molar-refractivity contribution is 5.45. The Labute approximate surface area is 178 Å². The quantitative estimate of drug-likeness (QED) is 0.668. The van der Waals surface area contributed by atoms with Crippen LogP contribution in [0.25, 0.3) is 0 Å². The number of nitrogens with zero attached hydrogens (tertiary/aromatic N) is 3. The Bertz CT molecular complexity index is 884. The number of alkyl halides is 1. The molecule has 1 saturated heterocycles. The molecule has 0 spiro atoms. The van der Waals surface area contributed by atoms with Crippen molar-refractivity contribution in [2.24, 2.45) is 0 Å². The molecule has 2 aromatic carbocycles. The van der Waals surface area contributed by atoms with E-state index in [-0.39, 0.29) is 0 Å². The first kappa shape index (κ1) is 20.8. The van der Waals surface area contributed by atoms with Gasteiger partial charge in [-0.3, -0.25) is 0 Å². The lowest BCUT2D eigenvalue weighted by Crippen LogP contribution is -2.35. The lowest BCUT2D eigenvalue weighted by Gasteiger charge is -2.33. The van der Waals surface area contributed by atoms with Gasteiger partial charge < -0.3 is 14.5 Å². The summed E-state index contributed by atoms with van der Waals surface area (Å²) in [5.74, 6) is 1.23. The summed E-state index contributed by atoms with van der Waals surface area (Å²) in [5, 5.41) is 9.05. The van der Waals surface area contributed by atoms with Crippen LogP contribution in [0.1, 0.15) is 47.4 Å². The van der Waals surface area contributed by atoms with Crippen LogP contribution in [-0.2, 0) is 6.54 Å². The summed E-state index contributed by atoms with van der Waals surface area (Å²) in [4.78, 5) is 4.67. The van der Waals surface area contributed by atoms with Gasteiger partial charge in [0.15, 0.2) is 0 Å². The molecule has 1 unspecified atom stereocenters. The Morgan fingerprint density at radius 1 is 1.13 bits per heavy atom. The van der Waals surface area contributed by atoms with Crippen molar-refractivity contribution in [2.75, 3.05) is 39.8 Å². The number of fused-ring (bicyclic) bond motifs is 1. The van der Waals surface area contributed by atoms with Crippen LogP contribution >= 0.6 is 0 Å². The third-order valence-corrected chi connectivity index (χ3v) is 6.27. The molecular weight excluding hydrogens is 377 g/mol. The molecule has 1 fully saturated rings. The van der Waals surface area contributed by atoms with E-state index in [9.17, 15) is 4.39 Å². The Hall–Kier alpha value is -2.42. The zero-order chi connectivity index (χ0) is 20.9. The van der Waals surface area contributed by atoms with Crippen LogP contribution in [-0.4, -0.2) is 55.8 Å². The van der Waals surface area contributed by atoms with E-state index in [1.54, 1.807) is 0 Å². The van der Waals surface area contributed by atoms with Gasteiger partial charge in [0.2, 0.25) is 0 Å². The first-order chi connectivity index (χ1) is 14.6. The number of benzene rings is 2. The Morgan fingerprint density at radius 2 is 1.90 bits per heavy atom. The number of nitriles is 1. The fourth-order valence-electron chi connectivity index (χ4n) is 4.59. The van der Waals surface area contributed by atoms with Crippen molar-refractivity contribution < 1.29 is 9.13 Å². The summed E-state index contributed by atoms with van der Waals surface area (Å²) in [6.07, 6.45) is 1.68. The Balaban J connectivity index is 1.37. The van der Waals surface area contributed by atoms with Crippen molar-refractivity contribution in [3.05, 3.63) is 64.7 Å². The number of piperidine rings is 1. The van der Waals surface area contributed by atoms with E-state index >= 15 is 0 Å². The van der Waals surface area contributed by atoms with Gasteiger partial charge in [-0.1, -0.05) is 18.2 Å². The Morgan fingerprint density at radius 3 is 2.63 bits per heavy atom. The van der Waals surface area contributed by atoms with Crippen LogP contribution < -0.4 is 4.74 Å². The van der Waals surface area contributed by atoms with Gasteiger partial charge in [-0.15, -0.1) is 0 Å². The minimum absolute atomic E-state index is 0.305. The van der Waals surface area contributed by atoms with E-state index in [1.807, 2.05) is 12.1 Å². The van der Waals surface area contributed by atoms with Crippen molar-refractivity contribution >= 4 is 0 Å². The predicted molar refractivity (Wildman–Crippen MR) is 116 cm³/mol. The van der Waals surface area contributed by atoms with E-state index in [1.165, 1.54) is 16.7 Å². The van der Waals surface area contributed by atoms with E-state index in [0.29, 0.717) is 30.9 Å². The lowest BCUT2D eigenvalue weighted by atomic mass is 9.84. The zero-order valence-corrected chi connectivity index (χ0v) is 17.7. The molecule has 0 bridgehead atoms. The maximum atomic E-state index is 13.2. The molecule has 0 saturated carbocycles. The van der Waals surface area contributed by atoms with Crippen LogP contribution in [0.3, 0.4) is 0 Å². The minimum Gasteiger partial charge on any atom is -0.494 e. The van der Waals surface area contributed by atoms with Crippen LogP contribution in [0.15, 0.2) is 42.5 Å². The van der Waals surface area contributed by atoms with Crippen LogP contribution in [0, 0.1) is 11.3 Å². The monoisotopic (exact) mass is 407 g/mol. The molecule has 0 N–H and O–H groups in total. The lowest BCUT2D eigenvalue weighted by molar-refractivity contribution is 0.143. The number of hydrogen-bond acceptors (Lipinski definition) is 4. The van der Waals surface area contributed by atoms with Crippen molar-refractivity contribution in [1.82, 2.24) is 9.80 Å². The molecule has 4 nitrogen and oxygen atoms in total. The van der Waals surface area contributed by atoms with Crippen molar-refractivity contribution in [3.63, 3.8) is 0 Å². The normalized spacial score (nSPS) is 20.5.